The highest BCUT2D eigenvalue weighted by Crippen LogP contribution is 2.28. The van der Waals surface area contributed by atoms with E-state index in [4.69, 9.17) is 0 Å². The molecule has 0 amide bonds. The van der Waals surface area contributed by atoms with Gasteiger partial charge in [0.05, 0.1) is 4.90 Å². The molecule has 0 saturated carbocycles. The molecule has 0 spiro atoms. The molecule has 0 heterocycles. The van der Waals surface area contributed by atoms with Gasteiger partial charge in [-0.05, 0) is 36.1 Å². The lowest BCUT2D eigenvalue weighted by Gasteiger charge is -2.12. The van der Waals surface area contributed by atoms with Crippen molar-refractivity contribution in [2.45, 2.75) is 45.6 Å². The molecule has 1 N–H and O–H groups in total. The van der Waals surface area contributed by atoms with Gasteiger partial charge in [-0.2, -0.15) is 0 Å². The molecular formula is C16H25F2NS. The van der Waals surface area contributed by atoms with Crippen molar-refractivity contribution in [2.75, 3.05) is 12.3 Å². The predicted molar refractivity (Wildman–Crippen MR) is 83.1 cm³/mol. The van der Waals surface area contributed by atoms with Crippen LogP contribution in [0.2, 0.25) is 0 Å². The first-order chi connectivity index (χ1) is 9.43. The van der Waals surface area contributed by atoms with Crippen LogP contribution < -0.4 is 5.32 Å². The van der Waals surface area contributed by atoms with Gasteiger partial charge < -0.3 is 5.32 Å². The third-order valence-electron chi connectivity index (χ3n) is 3.15. The molecule has 0 bridgehead atoms. The van der Waals surface area contributed by atoms with Gasteiger partial charge in [-0.15, -0.1) is 11.8 Å². The maximum Gasteiger partial charge on any atom is 0.140 e. The Bertz CT molecular complexity index is 398. The summed E-state index contributed by atoms with van der Waals surface area (Å²) in [5.41, 5.74) is 0.661. The summed E-state index contributed by atoms with van der Waals surface area (Å²) in [6, 6.07) is 2.88. The Morgan fingerprint density at radius 1 is 1.15 bits per heavy atom. The average Bonchev–Trinajstić information content (AvgIpc) is 2.37. The van der Waals surface area contributed by atoms with Crippen molar-refractivity contribution >= 4 is 11.8 Å². The maximum absolute atomic E-state index is 14.0. The molecule has 1 nitrogen and oxygen atoms in total. The molecule has 0 aliphatic heterocycles. The van der Waals surface area contributed by atoms with Gasteiger partial charge >= 0.3 is 0 Å². The quantitative estimate of drug-likeness (QED) is 0.689. The minimum atomic E-state index is -0.445. The van der Waals surface area contributed by atoms with Crippen LogP contribution in [0.4, 0.5) is 8.78 Å². The Kier molecular flexibility index (Phi) is 7.52. The fourth-order valence-electron chi connectivity index (χ4n) is 1.70. The van der Waals surface area contributed by atoms with Crippen LogP contribution in [0.25, 0.3) is 0 Å². The van der Waals surface area contributed by atoms with Gasteiger partial charge in [0.25, 0.3) is 0 Å². The second kappa shape index (κ2) is 8.63. The molecule has 1 rings (SSSR count). The zero-order valence-corrected chi connectivity index (χ0v) is 13.6. The SMILES string of the molecule is CCC(C)CSc1c(F)cc(CNCC(C)C)cc1F. The Hall–Kier alpha value is -0.610. The third kappa shape index (κ3) is 5.80. The van der Waals surface area contributed by atoms with Gasteiger partial charge in [-0.3, -0.25) is 0 Å². The number of rotatable bonds is 8. The first-order valence-electron chi connectivity index (χ1n) is 7.25. The van der Waals surface area contributed by atoms with Crippen LogP contribution in [0.5, 0.6) is 0 Å². The summed E-state index contributed by atoms with van der Waals surface area (Å²) < 4.78 is 27.9. The molecule has 0 saturated heterocycles. The van der Waals surface area contributed by atoms with E-state index in [1.54, 1.807) is 0 Å². The van der Waals surface area contributed by atoms with Gasteiger partial charge in [0.15, 0.2) is 0 Å². The van der Waals surface area contributed by atoms with Crippen molar-refractivity contribution in [3.05, 3.63) is 29.3 Å². The van der Waals surface area contributed by atoms with E-state index in [0.29, 0.717) is 23.9 Å². The highest BCUT2D eigenvalue weighted by Gasteiger charge is 2.13. The van der Waals surface area contributed by atoms with Crippen LogP contribution in [0.3, 0.4) is 0 Å². The number of hydrogen-bond acceptors (Lipinski definition) is 2. The monoisotopic (exact) mass is 301 g/mol. The fourth-order valence-corrected chi connectivity index (χ4v) is 2.78. The Balaban J connectivity index is 2.66. The lowest BCUT2D eigenvalue weighted by Crippen LogP contribution is -2.19. The van der Waals surface area contributed by atoms with Crippen LogP contribution in [0.1, 0.15) is 39.7 Å². The van der Waals surface area contributed by atoms with Crippen molar-refractivity contribution in [3.8, 4) is 0 Å². The minimum absolute atomic E-state index is 0.151. The first kappa shape index (κ1) is 17.4. The van der Waals surface area contributed by atoms with Crippen molar-refractivity contribution in [1.29, 1.82) is 0 Å². The summed E-state index contributed by atoms with van der Waals surface area (Å²) >= 11 is 1.27. The van der Waals surface area contributed by atoms with E-state index in [0.717, 1.165) is 18.7 Å². The Labute approximate surface area is 125 Å². The van der Waals surface area contributed by atoms with E-state index >= 15 is 0 Å². The molecule has 114 valence electrons. The summed E-state index contributed by atoms with van der Waals surface area (Å²) in [6.45, 7) is 9.72. The molecule has 4 heteroatoms. The second-order valence-electron chi connectivity index (χ2n) is 5.74. The van der Waals surface area contributed by atoms with E-state index in [2.05, 4.69) is 33.0 Å². The zero-order valence-electron chi connectivity index (χ0n) is 12.8. The van der Waals surface area contributed by atoms with Crippen molar-refractivity contribution in [2.24, 2.45) is 11.8 Å². The molecule has 0 aliphatic carbocycles. The zero-order chi connectivity index (χ0) is 15.1. The minimum Gasteiger partial charge on any atom is -0.312 e. The molecule has 1 atom stereocenters. The molecule has 0 aliphatic rings. The van der Waals surface area contributed by atoms with Crippen LogP contribution in [-0.2, 0) is 6.54 Å². The van der Waals surface area contributed by atoms with E-state index in [1.807, 2.05) is 0 Å². The molecule has 1 unspecified atom stereocenters. The van der Waals surface area contributed by atoms with Crippen LogP contribution in [-0.4, -0.2) is 12.3 Å². The standard InChI is InChI=1S/C16H25F2NS/c1-5-12(4)10-20-16-14(17)6-13(7-15(16)18)9-19-8-11(2)3/h6-7,11-12,19H,5,8-10H2,1-4H3. The molecular weight excluding hydrogens is 276 g/mol. The van der Waals surface area contributed by atoms with Crippen molar-refractivity contribution in [3.63, 3.8) is 0 Å². The normalized spacial score (nSPS) is 12.9. The average molecular weight is 301 g/mol. The summed E-state index contributed by atoms with van der Waals surface area (Å²) in [4.78, 5) is 0.151. The van der Waals surface area contributed by atoms with Crippen LogP contribution >= 0.6 is 11.8 Å². The third-order valence-corrected chi connectivity index (χ3v) is 4.56. The van der Waals surface area contributed by atoms with Crippen LogP contribution in [0.15, 0.2) is 17.0 Å². The van der Waals surface area contributed by atoms with Gasteiger partial charge in [0.1, 0.15) is 11.6 Å². The molecule has 0 fully saturated rings. The Morgan fingerprint density at radius 3 is 2.25 bits per heavy atom. The highest BCUT2D eigenvalue weighted by molar-refractivity contribution is 7.99. The predicted octanol–water partition coefficient (Wildman–Crippen LogP) is 4.85. The lowest BCUT2D eigenvalue weighted by atomic mass is 10.2. The summed E-state index contributed by atoms with van der Waals surface area (Å²) in [7, 11) is 0. The maximum atomic E-state index is 14.0. The van der Waals surface area contributed by atoms with Gasteiger partial charge in [-0.1, -0.05) is 34.1 Å². The summed E-state index contributed by atoms with van der Waals surface area (Å²) in [5, 5.41) is 3.19. The lowest BCUT2D eigenvalue weighted by molar-refractivity contribution is 0.524. The van der Waals surface area contributed by atoms with Crippen molar-refractivity contribution < 1.29 is 8.78 Å². The van der Waals surface area contributed by atoms with Gasteiger partial charge in [-0.25, -0.2) is 8.78 Å². The van der Waals surface area contributed by atoms with Gasteiger partial charge in [0.2, 0.25) is 0 Å². The van der Waals surface area contributed by atoms with E-state index in [1.165, 1.54) is 23.9 Å². The van der Waals surface area contributed by atoms with Crippen LogP contribution in [0, 0.1) is 23.5 Å². The smallest absolute Gasteiger partial charge is 0.140 e. The summed E-state index contributed by atoms with van der Waals surface area (Å²) in [6.07, 6.45) is 1.02. The molecule has 20 heavy (non-hydrogen) atoms. The first-order valence-corrected chi connectivity index (χ1v) is 8.24. The molecule has 0 aromatic heterocycles. The Morgan fingerprint density at radius 2 is 1.75 bits per heavy atom. The summed E-state index contributed by atoms with van der Waals surface area (Å²) in [5.74, 6) is 0.843. The second-order valence-corrected chi connectivity index (χ2v) is 6.77. The number of thioether (sulfide) groups is 1. The fraction of sp³-hybridized carbons (Fsp3) is 0.625. The largest absolute Gasteiger partial charge is 0.312 e. The topological polar surface area (TPSA) is 12.0 Å². The van der Waals surface area contributed by atoms with E-state index < -0.39 is 11.6 Å². The highest BCUT2D eigenvalue weighted by atomic mass is 32.2. The molecule has 0 radical (unpaired) electrons. The van der Waals surface area contributed by atoms with Crippen molar-refractivity contribution in [1.82, 2.24) is 5.32 Å². The van der Waals surface area contributed by atoms with E-state index in [9.17, 15) is 8.78 Å². The number of nitrogens with one attached hydrogen (secondary N) is 1. The van der Waals surface area contributed by atoms with Gasteiger partial charge in [0, 0.05) is 12.3 Å². The molecule has 1 aromatic rings. The number of benzene rings is 1. The number of halogens is 2. The van der Waals surface area contributed by atoms with E-state index in [-0.39, 0.29) is 4.90 Å². The number of hydrogen-bond donors (Lipinski definition) is 1. The molecule has 1 aromatic carbocycles.